The molecule has 1 heterocycles. The Morgan fingerprint density at radius 3 is 2.78 bits per heavy atom. The molecule has 0 saturated carbocycles. The number of thioether (sulfide) groups is 1. The zero-order chi connectivity index (χ0) is 13.4. The van der Waals surface area contributed by atoms with E-state index in [2.05, 4.69) is 11.0 Å². The maximum atomic E-state index is 11.9. The predicted octanol–water partition coefficient (Wildman–Crippen LogP) is 2.05. The van der Waals surface area contributed by atoms with Gasteiger partial charge in [-0.3, -0.25) is 0 Å². The molecule has 0 fully saturated rings. The van der Waals surface area contributed by atoms with Gasteiger partial charge in [0.05, 0.1) is 6.61 Å². The second kappa shape index (κ2) is 8.16. The van der Waals surface area contributed by atoms with Crippen LogP contribution >= 0.6 is 23.1 Å². The Labute approximate surface area is 117 Å². The molecule has 104 valence electrons. The van der Waals surface area contributed by atoms with Crippen molar-refractivity contribution in [1.82, 2.24) is 4.72 Å². The number of aliphatic hydroxyl groups excluding tert-OH is 1. The molecule has 18 heavy (non-hydrogen) atoms. The molecule has 0 radical (unpaired) electrons. The average Bonchev–Trinajstić information content (AvgIpc) is 2.83. The van der Waals surface area contributed by atoms with E-state index >= 15 is 0 Å². The zero-order valence-corrected chi connectivity index (χ0v) is 12.8. The van der Waals surface area contributed by atoms with Gasteiger partial charge in [-0.1, -0.05) is 6.42 Å². The lowest BCUT2D eigenvalue weighted by Gasteiger charge is -2.04. The van der Waals surface area contributed by atoms with E-state index < -0.39 is 10.0 Å². The predicted molar refractivity (Wildman–Crippen MR) is 77.7 cm³/mol. The molecule has 0 spiro atoms. The van der Waals surface area contributed by atoms with Gasteiger partial charge in [0, 0.05) is 6.54 Å². The Hall–Kier alpha value is -0.0800. The number of hydrogen-bond acceptors (Lipinski definition) is 5. The Morgan fingerprint density at radius 1 is 1.39 bits per heavy atom. The van der Waals surface area contributed by atoms with Crippen molar-refractivity contribution in [3.8, 4) is 0 Å². The van der Waals surface area contributed by atoms with Crippen molar-refractivity contribution in [3.63, 3.8) is 0 Å². The van der Waals surface area contributed by atoms with Gasteiger partial charge in [-0.25, -0.2) is 13.1 Å². The first-order valence-corrected chi connectivity index (χ1v) is 9.52. The average molecular weight is 309 g/mol. The van der Waals surface area contributed by atoms with E-state index in [-0.39, 0.29) is 10.8 Å². The Bertz CT molecular complexity index is 442. The third-order valence-corrected chi connectivity index (χ3v) is 6.04. The van der Waals surface area contributed by atoms with Crippen LogP contribution in [0.2, 0.25) is 0 Å². The van der Waals surface area contributed by atoms with Gasteiger partial charge in [0.2, 0.25) is 10.0 Å². The standard InChI is InChI=1S/C11H19NO3S3/c1-16-6-4-2-3-5-12-18(14,15)11-7-10(8-13)9-17-11/h7,9,12-13H,2-6,8H2,1H3. The van der Waals surface area contributed by atoms with Crippen molar-refractivity contribution < 1.29 is 13.5 Å². The number of thiophene rings is 1. The zero-order valence-electron chi connectivity index (χ0n) is 10.4. The molecule has 0 aromatic carbocycles. The summed E-state index contributed by atoms with van der Waals surface area (Å²) in [5.74, 6) is 1.12. The molecule has 0 unspecified atom stereocenters. The topological polar surface area (TPSA) is 66.4 Å². The van der Waals surface area contributed by atoms with Crippen molar-refractivity contribution in [3.05, 3.63) is 17.0 Å². The molecule has 0 bridgehead atoms. The van der Waals surface area contributed by atoms with E-state index in [1.54, 1.807) is 17.1 Å². The van der Waals surface area contributed by atoms with E-state index in [1.165, 1.54) is 6.07 Å². The molecule has 7 heteroatoms. The molecule has 0 amide bonds. The summed E-state index contributed by atoms with van der Waals surface area (Å²) in [6.07, 6.45) is 5.09. The van der Waals surface area contributed by atoms with Crippen molar-refractivity contribution in [2.45, 2.75) is 30.1 Å². The molecule has 1 rings (SSSR count). The quantitative estimate of drug-likeness (QED) is 0.685. The summed E-state index contributed by atoms with van der Waals surface area (Å²) in [4.78, 5) is 0. The lowest BCUT2D eigenvalue weighted by Crippen LogP contribution is -2.24. The van der Waals surface area contributed by atoms with Gasteiger partial charge in [0.25, 0.3) is 0 Å². The minimum Gasteiger partial charge on any atom is -0.392 e. The van der Waals surface area contributed by atoms with Crippen molar-refractivity contribution in [2.75, 3.05) is 18.6 Å². The van der Waals surface area contributed by atoms with Crippen molar-refractivity contribution >= 4 is 33.1 Å². The van der Waals surface area contributed by atoms with E-state index in [0.29, 0.717) is 12.1 Å². The highest BCUT2D eigenvalue weighted by Crippen LogP contribution is 2.19. The van der Waals surface area contributed by atoms with Gasteiger partial charge in [-0.15, -0.1) is 11.3 Å². The number of aliphatic hydroxyl groups is 1. The second-order valence-electron chi connectivity index (χ2n) is 3.88. The summed E-state index contributed by atoms with van der Waals surface area (Å²) in [5.41, 5.74) is 0.639. The lowest BCUT2D eigenvalue weighted by atomic mass is 10.2. The lowest BCUT2D eigenvalue weighted by molar-refractivity contribution is 0.282. The van der Waals surface area contributed by atoms with E-state index in [4.69, 9.17) is 5.11 Å². The summed E-state index contributed by atoms with van der Waals surface area (Å²) in [5, 5.41) is 10.6. The molecule has 0 aliphatic heterocycles. The first-order chi connectivity index (χ1) is 8.60. The third-order valence-electron chi connectivity index (χ3n) is 2.39. The van der Waals surface area contributed by atoms with Crippen LogP contribution in [0, 0.1) is 0 Å². The number of unbranched alkanes of at least 4 members (excludes halogenated alkanes) is 2. The monoisotopic (exact) mass is 309 g/mol. The summed E-state index contributed by atoms with van der Waals surface area (Å²) < 4.78 is 26.6. The van der Waals surface area contributed by atoms with Crippen LogP contribution in [-0.4, -0.2) is 32.1 Å². The normalized spacial score (nSPS) is 11.9. The minimum absolute atomic E-state index is 0.124. The number of nitrogens with one attached hydrogen (secondary N) is 1. The molecule has 2 N–H and O–H groups in total. The second-order valence-corrected chi connectivity index (χ2v) is 7.77. The Balaban J connectivity index is 2.36. The van der Waals surface area contributed by atoms with Gasteiger partial charge in [0.1, 0.15) is 4.21 Å². The van der Waals surface area contributed by atoms with Crippen LogP contribution in [0.3, 0.4) is 0 Å². The fraction of sp³-hybridized carbons (Fsp3) is 0.636. The van der Waals surface area contributed by atoms with Crippen LogP contribution in [0.25, 0.3) is 0 Å². The molecular weight excluding hydrogens is 290 g/mol. The smallest absolute Gasteiger partial charge is 0.250 e. The largest absolute Gasteiger partial charge is 0.392 e. The molecule has 0 saturated heterocycles. The van der Waals surface area contributed by atoms with E-state index in [1.807, 2.05) is 0 Å². The van der Waals surface area contributed by atoms with Gasteiger partial charge < -0.3 is 5.11 Å². The number of rotatable bonds is 9. The van der Waals surface area contributed by atoms with Crippen LogP contribution < -0.4 is 4.72 Å². The minimum atomic E-state index is -3.39. The maximum Gasteiger partial charge on any atom is 0.250 e. The van der Waals surface area contributed by atoms with E-state index in [9.17, 15) is 8.42 Å². The molecule has 0 atom stereocenters. The van der Waals surface area contributed by atoms with Crippen LogP contribution in [0.1, 0.15) is 24.8 Å². The Morgan fingerprint density at radius 2 is 2.17 bits per heavy atom. The van der Waals surface area contributed by atoms with Crippen LogP contribution in [0.5, 0.6) is 0 Å². The fourth-order valence-electron chi connectivity index (χ4n) is 1.40. The van der Waals surface area contributed by atoms with Crippen LogP contribution in [-0.2, 0) is 16.6 Å². The van der Waals surface area contributed by atoms with E-state index in [0.717, 1.165) is 36.4 Å². The molecule has 4 nitrogen and oxygen atoms in total. The molecular formula is C11H19NO3S3. The molecule has 1 aromatic heterocycles. The van der Waals surface area contributed by atoms with Crippen LogP contribution in [0.4, 0.5) is 0 Å². The molecule has 0 aliphatic carbocycles. The highest BCUT2D eigenvalue weighted by molar-refractivity contribution is 7.98. The summed E-state index contributed by atoms with van der Waals surface area (Å²) >= 11 is 2.95. The van der Waals surface area contributed by atoms with Gasteiger partial charge in [-0.2, -0.15) is 11.8 Å². The van der Waals surface area contributed by atoms with Crippen molar-refractivity contribution in [1.29, 1.82) is 0 Å². The van der Waals surface area contributed by atoms with Gasteiger partial charge in [-0.05, 0) is 41.9 Å². The first-order valence-electron chi connectivity index (χ1n) is 5.77. The molecule has 0 aliphatic rings. The highest BCUT2D eigenvalue weighted by atomic mass is 32.2. The molecule has 1 aromatic rings. The number of hydrogen-bond donors (Lipinski definition) is 2. The summed E-state index contributed by atoms with van der Waals surface area (Å²) in [6, 6.07) is 1.51. The number of sulfonamides is 1. The summed E-state index contributed by atoms with van der Waals surface area (Å²) in [6.45, 7) is 0.351. The highest BCUT2D eigenvalue weighted by Gasteiger charge is 2.15. The van der Waals surface area contributed by atoms with Crippen molar-refractivity contribution in [2.24, 2.45) is 0 Å². The maximum absolute atomic E-state index is 11.9. The SMILES string of the molecule is CSCCCCCNS(=O)(=O)c1cc(CO)cs1. The summed E-state index contributed by atoms with van der Waals surface area (Å²) in [7, 11) is -3.39. The van der Waals surface area contributed by atoms with Crippen LogP contribution in [0.15, 0.2) is 15.7 Å². The fourth-order valence-corrected chi connectivity index (χ4v) is 4.21. The first kappa shape index (κ1) is 16.0. The van der Waals surface area contributed by atoms with Gasteiger partial charge >= 0.3 is 0 Å². The van der Waals surface area contributed by atoms with Gasteiger partial charge in [0.15, 0.2) is 0 Å². The third kappa shape index (κ3) is 5.27. The Kier molecular flexibility index (Phi) is 7.25.